The molecule has 10 nitrogen and oxygen atoms in total. The zero-order valence-corrected chi connectivity index (χ0v) is 25.4. The van der Waals surface area contributed by atoms with Crippen molar-refractivity contribution in [2.75, 3.05) is 29.5 Å². The largest absolute Gasteiger partial charge is 0.374 e. The molecule has 0 saturated heterocycles. The second-order valence-corrected chi connectivity index (χ2v) is 11.2. The molecule has 1 unspecified atom stereocenters. The van der Waals surface area contributed by atoms with E-state index in [0.29, 0.717) is 6.42 Å². The molecule has 228 valence electrons. The number of nitrogens with two attached hydrogens (primary N) is 1. The number of anilines is 2. The molecule has 0 saturated carbocycles. The summed E-state index contributed by atoms with van der Waals surface area (Å²) in [6.45, 7) is 9.25. The Kier molecular flexibility index (Phi) is 10.5. The lowest BCUT2D eigenvalue weighted by Crippen LogP contribution is -2.60. The van der Waals surface area contributed by atoms with Crippen LogP contribution in [0.25, 0.3) is 0 Å². The van der Waals surface area contributed by atoms with Gasteiger partial charge < -0.3 is 30.9 Å². The molecule has 1 aliphatic rings. The van der Waals surface area contributed by atoms with Crippen LogP contribution in [0.3, 0.4) is 0 Å². The quantitative estimate of drug-likeness (QED) is 0.281. The van der Waals surface area contributed by atoms with E-state index in [2.05, 4.69) is 34.4 Å². The summed E-state index contributed by atoms with van der Waals surface area (Å²) in [5.74, 6) is -1.28. The van der Waals surface area contributed by atoms with Gasteiger partial charge in [0.2, 0.25) is 17.7 Å². The molecule has 0 radical (unpaired) electrons. The molecule has 1 aromatic heterocycles. The lowest BCUT2D eigenvalue weighted by molar-refractivity contribution is -0.134. The van der Waals surface area contributed by atoms with Crippen LogP contribution >= 0.6 is 0 Å². The predicted molar refractivity (Wildman–Crippen MR) is 167 cm³/mol. The molecule has 4 rings (SSSR count). The summed E-state index contributed by atoms with van der Waals surface area (Å²) in [6, 6.07) is 19.2. The number of pyridine rings is 1. The van der Waals surface area contributed by atoms with Crippen molar-refractivity contribution in [3.8, 4) is 0 Å². The number of rotatable bonds is 13. The Balaban J connectivity index is 1.60. The summed E-state index contributed by atoms with van der Waals surface area (Å²) < 4.78 is 5.83. The first-order chi connectivity index (χ1) is 20.6. The normalized spacial score (nSPS) is 15.4. The smallest absolute Gasteiger partial charge is 0.250 e. The van der Waals surface area contributed by atoms with E-state index < -0.39 is 29.4 Å². The summed E-state index contributed by atoms with van der Waals surface area (Å²) in [5.41, 5.74) is 9.18. The van der Waals surface area contributed by atoms with Crippen molar-refractivity contribution in [3.63, 3.8) is 0 Å². The Morgan fingerprint density at radius 1 is 1.07 bits per heavy atom. The van der Waals surface area contributed by atoms with Gasteiger partial charge in [0.25, 0.3) is 0 Å². The third kappa shape index (κ3) is 7.97. The maximum atomic E-state index is 14.1. The molecule has 4 N–H and O–H groups in total. The van der Waals surface area contributed by atoms with E-state index in [9.17, 15) is 14.4 Å². The van der Waals surface area contributed by atoms with Crippen molar-refractivity contribution in [1.29, 1.82) is 0 Å². The van der Waals surface area contributed by atoms with Gasteiger partial charge >= 0.3 is 0 Å². The number of carbonyl (C=O) groups is 3. The highest BCUT2D eigenvalue weighted by Gasteiger charge is 2.38. The summed E-state index contributed by atoms with van der Waals surface area (Å²) >= 11 is 0. The highest BCUT2D eigenvalue weighted by molar-refractivity contribution is 6.05. The third-order valence-corrected chi connectivity index (χ3v) is 7.43. The molecular formula is C33H42N6O4. The molecule has 2 aromatic carbocycles. The standard InChI is InChI=1S/C33H42N6O4/c1-5-38(6-2)28-17-12-15-24-19-26(31(41)39(29(24)28)20-25-16-10-11-18-35-25)36-30(40)27(37-32(42)33(3,4)34)22-43-21-23-13-8-7-9-14-23/h7-18,26-27H,5-6,19-22,34H2,1-4H3,(H,36,40)(H,37,42)/t26?,27-/m1/s1. The van der Waals surface area contributed by atoms with Crippen LogP contribution in [0.2, 0.25) is 0 Å². The number of para-hydroxylation sites is 1. The Bertz CT molecular complexity index is 1390. The Labute approximate surface area is 253 Å². The number of ether oxygens (including phenoxy) is 1. The highest BCUT2D eigenvalue weighted by atomic mass is 16.5. The van der Waals surface area contributed by atoms with E-state index in [1.807, 2.05) is 66.7 Å². The lowest BCUT2D eigenvalue weighted by atomic mass is 9.94. The van der Waals surface area contributed by atoms with Crippen LogP contribution in [-0.4, -0.2) is 60.0 Å². The monoisotopic (exact) mass is 586 g/mol. The Morgan fingerprint density at radius 2 is 1.79 bits per heavy atom. The number of hydrogen-bond acceptors (Lipinski definition) is 7. The van der Waals surface area contributed by atoms with E-state index in [-0.39, 0.29) is 25.7 Å². The fourth-order valence-corrected chi connectivity index (χ4v) is 5.07. The van der Waals surface area contributed by atoms with Gasteiger partial charge in [0.1, 0.15) is 12.1 Å². The highest BCUT2D eigenvalue weighted by Crippen LogP contribution is 2.38. The summed E-state index contributed by atoms with van der Waals surface area (Å²) in [5, 5.41) is 5.62. The van der Waals surface area contributed by atoms with E-state index in [1.165, 1.54) is 0 Å². The van der Waals surface area contributed by atoms with Crippen LogP contribution in [0.4, 0.5) is 11.4 Å². The molecule has 1 aliphatic heterocycles. The van der Waals surface area contributed by atoms with Gasteiger partial charge in [-0.25, -0.2) is 0 Å². The van der Waals surface area contributed by atoms with Gasteiger partial charge in [0.15, 0.2) is 0 Å². The molecule has 3 amide bonds. The number of aromatic nitrogens is 1. The summed E-state index contributed by atoms with van der Waals surface area (Å²) in [7, 11) is 0. The number of fused-ring (bicyclic) bond motifs is 1. The SMILES string of the molecule is CCN(CC)c1cccc2c1N(Cc1ccccn1)C(=O)C(NC(=O)[C@@H](COCc1ccccc1)NC(=O)C(C)(C)N)C2. The van der Waals surface area contributed by atoms with Crippen LogP contribution in [0.5, 0.6) is 0 Å². The Morgan fingerprint density at radius 3 is 2.44 bits per heavy atom. The number of nitrogens with one attached hydrogen (secondary N) is 2. The van der Waals surface area contributed by atoms with E-state index >= 15 is 0 Å². The second-order valence-electron chi connectivity index (χ2n) is 11.2. The number of benzene rings is 2. The van der Waals surface area contributed by atoms with E-state index in [1.54, 1.807) is 24.9 Å². The molecule has 43 heavy (non-hydrogen) atoms. The van der Waals surface area contributed by atoms with Crippen LogP contribution in [0.15, 0.2) is 72.9 Å². The third-order valence-electron chi connectivity index (χ3n) is 7.43. The number of carbonyl (C=O) groups excluding carboxylic acids is 3. The van der Waals surface area contributed by atoms with Gasteiger partial charge in [-0.15, -0.1) is 0 Å². The first-order valence-electron chi connectivity index (χ1n) is 14.7. The van der Waals surface area contributed by atoms with Gasteiger partial charge in [-0.2, -0.15) is 0 Å². The van der Waals surface area contributed by atoms with Crippen molar-refractivity contribution < 1.29 is 19.1 Å². The number of hydrogen-bond donors (Lipinski definition) is 3. The van der Waals surface area contributed by atoms with Gasteiger partial charge in [0.05, 0.1) is 42.4 Å². The van der Waals surface area contributed by atoms with Gasteiger partial charge in [-0.3, -0.25) is 19.4 Å². The van der Waals surface area contributed by atoms with Gasteiger partial charge in [-0.05, 0) is 57.0 Å². The minimum absolute atomic E-state index is 0.0934. The maximum absolute atomic E-state index is 14.1. The zero-order chi connectivity index (χ0) is 31.0. The van der Waals surface area contributed by atoms with Gasteiger partial charge in [0, 0.05) is 25.7 Å². The van der Waals surface area contributed by atoms with Crippen LogP contribution < -0.4 is 26.2 Å². The van der Waals surface area contributed by atoms with Crippen molar-refractivity contribution >= 4 is 29.1 Å². The Hall–Kier alpha value is -4.28. The van der Waals surface area contributed by atoms with Crippen LogP contribution in [0, 0.1) is 0 Å². The maximum Gasteiger partial charge on any atom is 0.250 e. The fourth-order valence-electron chi connectivity index (χ4n) is 5.07. The summed E-state index contributed by atoms with van der Waals surface area (Å²) in [6.07, 6.45) is 2.00. The minimum Gasteiger partial charge on any atom is -0.374 e. The van der Waals surface area contributed by atoms with Crippen molar-refractivity contribution in [1.82, 2.24) is 15.6 Å². The molecule has 2 atom stereocenters. The average molecular weight is 587 g/mol. The fraction of sp³-hybridized carbons (Fsp3) is 0.394. The molecule has 0 bridgehead atoms. The second kappa shape index (κ2) is 14.3. The molecule has 0 fully saturated rings. The minimum atomic E-state index is -1.21. The summed E-state index contributed by atoms with van der Waals surface area (Å²) in [4.78, 5) is 48.9. The predicted octanol–water partition coefficient (Wildman–Crippen LogP) is 2.94. The van der Waals surface area contributed by atoms with Crippen molar-refractivity contribution in [3.05, 3.63) is 89.7 Å². The molecule has 10 heteroatoms. The van der Waals surface area contributed by atoms with Gasteiger partial charge in [-0.1, -0.05) is 48.5 Å². The molecular weight excluding hydrogens is 544 g/mol. The topological polar surface area (TPSA) is 130 Å². The molecule has 2 heterocycles. The van der Waals surface area contributed by atoms with Crippen molar-refractivity contribution in [2.24, 2.45) is 5.73 Å². The number of amides is 3. The van der Waals surface area contributed by atoms with E-state index in [0.717, 1.165) is 41.3 Å². The molecule has 0 spiro atoms. The van der Waals surface area contributed by atoms with Crippen LogP contribution in [-0.2, 0) is 38.7 Å². The molecule has 3 aromatic rings. The van der Waals surface area contributed by atoms with Crippen LogP contribution in [0.1, 0.15) is 44.5 Å². The first-order valence-corrected chi connectivity index (χ1v) is 14.7. The van der Waals surface area contributed by atoms with Crippen molar-refractivity contribution in [2.45, 2.75) is 64.9 Å². The first kappa shape index (κ1) is 31.7. The molecule has 0 aliphatic carbocycles. The average Bonchev–Trinajstić information content (AvgIpc) is 2.99. The number of nitrogens with zero attached hydrogens (tertiary/aromatic N) is 3. The lowest BCUT2D eigenvalue weighted by Gasteiger charge is -2.38. The zero-order valence-electron chi connectivity index (χ0n) is 25.4. The van der Waals surface area contributed by atoms with E-state index in [4.69, 9.17) is 10.5 Å².